The number of alkyl halides is 2. The summed E-state index contributed by atoms with van der Waals surface area (Å²) in [4.78, 5) is 16.3. The minimum atomic E-state index is -2.53. The van der Waals surface area contributed by atoms with Gasteiger partial charge in [0.1, 0.15) is 12.4 Å². The van der Waals surface area contributed by atoms with Crippen molar-refractivity contribution in [1.29, 1.82) is 0 Å². The van der Waals surface area contributed by atoms with E-state index in [9.17, 15) is 18.0 Å². The van der Waals surface area contributed by atoms with Gasteiger partial charge >= 0.3 is 0 Å². The van der Waals surface area contributed by atoms with Gasteiger partial charge in [-0.05, 0) is 57.4 Å². The number of halogens is 3. The number of carbonyl (C=O) groups excluding carboxylic acids is 1. The van der Waals surface area contributed by atoms with Gasteiger partial charge in [0.05, 0.1) is 22.3 Å². The van der Waals surface area contributed by atoms with Crippen LogP contribution in [0.2, 0.25) is 0 Å². The van der Waals surface area contributed by atoms with Crippen molar-refractivity contribution in [3.63, 3.8) is 0 Å². The number of hydrogen-bond acceptors (Lipinski definition) is 6. The largest absolute Gasteiger partial charge is 0.365 e. The van der Waals surface area contributed by atoms with Crippen molar-refractivity contribution in [2.24, 2.45) is 11.5 Å². The summed E-state index contributed by atoms with van der Waals surface area (Å²) in [6.45, 7) is 3.05. The summed E-state index contributed by atoms with van der Waals surface area (Å²) in [5.41, 5.74) is 12.6. The maximum Gasteiger partial charge on any atom is 0.257 e. The van der Waals surface area contributed by atoms with Crippen LogP contribution in [-0.4, -0.2) is 38.7 Å². The summed E-state index contributed by atoms with van der Waals surface area (Å²) in [6, 6.07) is 5.81. The lowest BCUT2D eigenvalue weighted by Gasteiger charge is -2.46. The van der Waals surface area contributed by atoms with Gasteiger partial charge in [0, 0.05) is 17.1 Å². The number of nitrogens with zero attached hydrogens (tertiary/aromatic N) is 3. The fourth-order valence-electron chi connectivity index (χ4n) is 4.17. The molecule has 1 aliphatic rings. The number of fused-ring (bicyclic) bond motifs is 1. The van der Waals surface area contributed by atoms with Crippen molar-refractivity contribution in [3.8, 4) is 0 Å². The van der Waals surface area contributed by atoms with Crippen molar-refractivity contribution in [2.75, 3.05) is 10.6 Å². The molecule has 1 amide bonds. The summed E-state index contributed by atoms with van der Waals surface area (Å²) in [6.07, 6.45) is 0.00200. The Balaban J connectivity index is 1.70. The molecule has 2 aromatic heterocycles. The van der Waals surface area contributed by atoms with Crippen molar-refractivity contribution in [1.82, 2.24) is 14.8 Å². The molecule has 8 nitrogen and oxygen atoms in total. The number of anilines is 3. The predicted octanol–water partition coefficient (Wildman–Crippen LogP) is 3.67. The molecule has 0 saturated heterocycles. The Kier molecular flexibility index (Phi) is 5.91. The molecular weight excluding hydrogens is 435 g/mol. The van der Waals surface area contributed by atoms with Gasteiger partial charge < -0.3 is 22.1 Å². The summed E-state index contributed by atoms with van der Waals surface area (Å²) in [5.74, 6) is -1.51. The number of benzene rings is 1. The number of pyridine rings is 1. The van der Waals surface area contributed by atoms with Gasteiger partial charge in [-0.2, -0.15) is 5.10 Å². The van der Waals surface area contributed by atoms with Gasteiger partial charge in [-0.1, -0.05) is 0 Å². The summed E-state index contributed by atoms with van der Waals surface area (Å²) in [5, 5.41) is 11.0. The number of amides is 1. The maximum atomic E-state index is 14.8. The van der Waals surface area contributed by atoms with Crippen molar-refractivity contribution in [2.45, 2.75) is 57.7 Å². The highest BCUT2D eigenvalue weighted by Gasteiger charge is 2.41. The molecule has 1 aliphatic carbocycles. The highest BCUT2D eigenvalue weighted by Crippen LogP contribution is 2.38. The standard InChI is InChI=1S/C22H26F3N7O/c1-11-14-8-13(4-5-17(14)32(31-11)10-18(24)25)28-20-15(19(27)33)9-16(23)21(29-20)30-22(12(2)26)6-3-7-22/h4-5,8-9,12,18H,3,6-7,10,26H2,1-2H3,(H2,27,33)(H2,28,29,30). The zero-order valence-corrected chi connectivity index (χ0v) is 18.3. The lowest BCUT2D eigenvalue weighted by atomic mass is 9.72. The lowest BCUT2D eigenvalue weighted by molar-refractivity contribution is 0.1000. The first-order valence-corrected chi connectivity index (χ1v) is 10.7. The molecule has 4 rings (SSSR count). The van der Waals surface area contributed by atoms with Gasteiger partial charge in [0.2, 0.25) is 0 Å². The minimum absolute atomic E-state index is 0.0264. The molecule has 3 aromatic rings. The topological polar surface area (TPSA) is 124 Å². The van der Waals surface area contributed by atoms with E-state index >= 15 is 0 Å². The Hall–Kier alpha value is -3.34. The molecule has 6 N–H and O–H groups in total. The zero-order valence-electron chi connectivity index (χ0n) is 18.3. The molecule has 1 atom stereocenters. The fraction of sp³-hybridized carbons (Fsp3) is 0.409. The molecule has 1 unspecified atom stereocenters. The van der Waals surface area contributed by atoms with Gasteiger partial charge in [-0.15, -0.1) is 0 Å². The molecular formula is C22H26F3N7O. The highest BCUT2D eigenvalue weighted by molar-refractivity contribution is 5.99. The Morgan fingerprint density at radius 3 is 2.58 bits per heavy atom. The second kappa shape index (κ2) is 8.54. The van der Waals surface area contributed by atoms with E-state index in [1.165, 1.54) is 4.68 Å². The molecule has 0 spiro atoms. The average Bonchev–Trinajstić information content (AvgIpc) is 3.00. The van der Waals surface area contributed by atoms with Crippen LogP contribution in [0.5, 0.6) is 0 Å². The Morgan fingerprint density at radius 2 is 2.00 bits per heavy atom. The lowest BCUT2D eigenvalue weighted by Crippen LogP contribution is -2.57. The number of carbonyl (C=O) groups is 1. The number of rotatable bonds is 8. The van der Waals surface area contributed by atoms with Crippen molar-refractivity contribution < 1.29 is 18.0 Å². The number of primary amides is 1. The maximum absolute atomic E-state index is 14.8. The van der Waals surface area contributed by atoms with E-state index in [-0.39, 0.29) is 23.2 Å². The summed E-state index contributed by atoms with van der Waals surface area (Å²) < 4.78 is 41.7. The number of nitrogens with one attached hydrogen (secondary N) is 2. The van der Waals surface area contributed by atoms with E-state index in [1.807, 2.05) is 6.92 Å². The summed E-state index contributed by atoms with van der Waals surface area (Å²) >= 11 is 0. The zero-order chi connectivity index (χ0) is 23.9. The third-order valence-corrected chi connectivity index (χ3v) is 6.24. The first-order valence-electron chi connectivity index (χ1n) is 10.7. The molecule has 1 fully saturated rings. The molecule has 33 heavy (non-hydrogen) atoms. The number of aromatic nitrogens is 3. The van der Waals surface area contributed by atoms with Gasteiger partial charge in [-0.3, -0.25) is 9.48 Å². The van der Waals surface area contributed by atoms with E-state index in [4.69, 9.17) is 11.5 Å². The van der Waals surface area contributed by atoms with E-state index in [1.54, 1.807) is 25.1 Å². The van der Waals surface area contributed by atoms with Crippen molar-refractivity contribution in [3.05, 3.63) is 41.3 Å². The SMILES string of the molecule is Cc1nn(CC(F)F)c2ccc(Nc3nc(NC4(C(C)N)CCC4)c(F)cc3C(N)=O)cc12. The van der Waals surface area contributed by atoms with Crippen LogP contribution >= 0.6 is 0 Å². The van der Waals surface area contributed by atoms with Crippen LogP contribution in [0.3, 0.4) is 0 Å². The smallest absolute Gasteiger partial charge is 0.257 e. The van der Waals surface area contributed by atoms with Crippen molar-refractivity contribution >= 4 is 34.1 Å². The molecule has 11 heteroatoms. The second-order valence-corrected chi connectivity index (χ2v) is 8.52. The first kappa shape index (κ1) is 22.8. The first-order chi connectivity index (χ1) is 15.6. The second-order valence-electron chi connectivity index (χ2n) is 8.52. The third kappa shape index (κ3) is 4.32. The van der Waals surface area contributed by atoms with Gasteiger partial charge in [0.25, 0.3) is 12.3 Å². The molecule has 176 valence electrons. The molecule has 1 saturated carbocycles. The summed E-state index contributed by atoms with van der Waals surface area (Å²) in [7, 11) is 0. The number of aryl methyl sites for hydroxylation is 1. The van der Waals surface area contributed by atoms with Crippen LogP contribution in [0.1, 0.15) is 42.2 Å². The quantitative estimate of drug-likeness (QED) is 0.406. The van der Waals surface area contributed by atoms with E-state index in [0.717, 1.165) is 25.3 Å². The highest BCUT2D eigenvalue weighted by atomic mass is 19.3. The van der Waals surface area contributed by atoms with Crippen LogP contribution < -0.4 is 22.1 Å². The third-order valence-electron chi connectivity index (χ3n) is 6.24. The van der Waals surface area contributed by atoms with Gasteiger partial charge in [-0.25, -0.2) is 18.2 Å². The van der Waals surface area contributed by atoms with Crippen LogP contribution in [0.4, 0.5) is 30.5 Å². The Labute approximate surface area is 188 Å². The molecule has 0 radical (unpaired) electrons. The van der Waals surface area contributed by atoms with Crippen LogP contribution in [0, 0.1) is 12.7 Å². The van der Waals surface area contributed by atoms with Gasteiger partial charge in [0.15, 0.2) is 11.6 Å². The Bertz CT molecular complexity index is 1200. The van der Waals surface area contributed by atoms with E-state index in [2.05, 4.69) is 20.7 Å². The average molecular weight is 461 g/mol. The fourth-order valence-corrected chi connectivity index (χ4v) is 4.17. The molecule has 2 heterocycles. The Morgan fingerprint density at radius 1 is 1.27 bits per heavy atom. The number of nitrogens with two attached hydrogens (primary N) is 2. The van der Waals surface area contributed by atoms with Crippen LogP contribution in [-0.2, 0) is 6.54 Å². The van der Waals surface area contributed by atoms with E-state index in [0.29, 0.717) is 22.3 Å². The molecule has 1 aromatic carbocycles. The van der Waals surface area contributed by atoms with Crippen LogP contribution in [0.15, 0.2) is 24.3 Å². The molecule has 0 aliphatic heterocycles. The normalized spacial score (nSPS) is 16.0. The van der Waals surface area contributed by atoms with Crippen LogP contribution in [0.25, 0.3) is 10.9 Å². The minimum Gasteiger partial charge on any atom is -0.365 e. The van der Waals surface area contributed by atoms with E-state index < -0.39 is 30.2 Å². The monoisotopic (exact) mass is 461 g/mol. The molecule has 0 bridgehead atoms. The predicted molar refractivity (Wildman–Crippen MR) is 120 cm³/mol. The number of hydrogen-bond donors (Lipinski definition) is 4.